The van der Waals surface area contributed by atoms with E-state index < -0.39 is 0 Å². The molecule has 0 radical (unpaired) electrons. The lowest BCUT2D eigenvalue weighted by Gasteiger charge is -2.08. The summed E-state index contributed by atoms with van der Waals surface area (Å²) in [6, 6.07) is 0. The van der Waals surface area contributed by atoms with Gasteiger partial charge in [-0.25, -0.2) is 0 Å². The first kappa shape index (κ1) is 6.38. The Morgan fingerprint density at radius 2 is 2.20 bits per heavy atom. The maximum atomic E-state index is 4.51. The average molecular weight is 137 g/mol. The van der Waals surface area contributed by atoms with Crippen LogP contribution in [0.15, 0.2) is 4.99 Å². The van der Waals surface area contributed by atoms with Crippen molar-refractivity contribution in [2.75, 3.05) is 6.54 Å². The third kappa shape index (κ3) is 0.979. The van der Waals surface area contributed by atoms with Gasteiger partial charge in [-0.3, -0.25) is 4.99 Å². The van der Waals surface area contributed by atoms with Crippen LogP contribution in [-0.2, 0) is 0 Å². The molecule has 1 saturated carbocycles. The lowest BCUT2D eigenvalue weighted by Crippen LogP contribution is -2.10. The lowest BCUT2D eigenvalue weighted by atomic mass is 9.95. The molecule has 0 aromatic heterocycles. The van der Waals surface area contributed by atoms with Gasteiger partial charge in [0.25, 0.3) is 0 Å². The fourth-order valence-corrected chi connectivity index (χ4v) is 2.01. The van der Waals surface area contributed by atoms with Crippen molar-refractivity contribution in [2.45, 2.75) is 32.6 Å². The third-order valence-electron chi connectivity index (χ3n) is 2.74. The van der Waals surface area contributed by atoms with Crippen molar-refractivity contribution in [3.05, 3.63) is 0 Å². The van der Waals surface area contributed by atoms with E-state index in [4.69, 9.17) is 0 Å². The fourth-order valence-electron chi connectivity index (χ4n) is 2.01. The maximum absolute atomic E-state index is 4.51. The number of hydrogen-bond donors (Lipinski definition) is 0. The second-order valence-corrected chi connectivity index (χ2v) is 3.46. The molecular weight excluding hydrogens is 122 g/mol. The van der Waals surface area contributed by atoms with E-state index in [1.807, 2.05) is 0 Å². The summed E-state index contributed by atoms with van der Waals surface area (Å²) in [4.78, 5) is 4.51. The topological polar surface area (TPSA) is 12.4 Å². The molecule has 56 valence electrons. The Morgan fingerprint density at radius 3 is 2.80 bits per heavy atom. The fraction of sp³-hybridized carbons (Fsp3) is 0.889. The van der Waals surface area contributed by atoms with Crippen LogP contribution in [-0.4, -0.2) is 12.3 Å². The standard InChI is InChI=1S/C9H15N/c1-2-9-8(5-6-10-9)7-3-4-7/h7-8H,2-6H2,1H3. The predicted octanol–water partition coefficient (Wildman–Crippen LogP) is 2.27. The summed E-state index contributed by atoms with van der Waals surface area (Å²) in [5.41, 5.74) is 1.52. The molecule has 1 heterocycles. The first-order valence-electron chi connectivity index (χ1n) is 4.45. The number of nitrogens with zero attached hydrogens (tertiary/aromatic N) is 1. The van der Waals surface area contributed by atoms with Crippen LogP contribution in [0.2, 0.25) is 0 Å². The molecule has 1 fully saturated rings. The van der Waals surface area contributed by atoms with Crippen LogP contribution in [0, 0.1) is 11.8 Å². The Balaban J connectivity index is 2.01. The van der Waals surface area contributed by atoms with Gasteiger partial charge in [0.15, 0.2) is 0 Å². The molecule has 0 amide bonds. The molecular formula is C9H15N. The van der Waals surface area contributed by atoms with Gasteiger partial charge >= 0.3 is 0 Å². The van der Waals surface area contributed by atoms with E-state index in [1.165, 1.54) is 31.4 Å². The highest BCUT2D eigenvalue weighted by Crippen LogP contribution is 2.41. The highest BCUT2D eigenvalue weighted by atomic mass is 14.8. The summed E-state index contributed by atoms with van der Waals surface area (Å²) >= 11 is 0. The smallest absolute Gasteiger partial charge is 0.0395 e. The molecule has 0 saturated heterocycles. The summed E-state index contributed by atoms with van der Waals surface area (Å²) in [7, 11) is 0. The van der Waals surface area contributed by atoms with Crippen LogP contribution >= 0.6 is 0 Å². The Morgan fingerprint density at radius 1 is 1.40 bits per heavy atom. The number of rotatable bonds is 2. The maximum Gasteiger partial charge on any atom is 0.0395 e. The quantitative estimate of drug-likeness (QED) is 0.553. The van der Waals surface area contributed by atoms with Crippen LogP contribution in [0.4, 0.5) is 0 Å². The van der Waals surface area contributed by atoms with Crippen molar-refractivity contribution in [3.8, 4) is 0 Å². The van der Waals surface area contributed by atoms with E-state index in [2.05, 4.69) is 11.9 Å². The molecule has 0 aromatic carbocycles. The predicted molar refractivity (Wildman–Crippen MR) is 43.4 cm³/mol. The Kier molecular flexibility index (Phi) is 1.51. The summed E-state index contributed by atoms with van der Waals surface area (Å²) in [6.45, 7) is 3.35. The largest absolute Gasteiger partial charge is 0.294 e. The second-order valence-electron chi connectivity index (χ2n) is 3.46. The summed E-state index contributed by atoms with van der Waals surface area (Å²) < 4.78 is 0. The molecule has 10 heavy (non-hydrogen) atoms. The summed E-state index contributed by atoms with van der Waals surface area (Å²) in [5.74, 6) is 1.95. The molecule has 1 atom stereocenters. The Labute approximate surface area is 62.5 Å². The van der Waals surface area contributed by atoms with Crippen LogP contribution in [0.3, 0.4) is 0 Å². The second kappa shape index (κ2) is 2.37. The normalized spacial score (nSPS) is 32.5. The van der Waals surface area contributed by atoms with Gasteiger partial charge in [-0.2, -0.15) is 0 Å². The van der Waals surface area contributed by atoms with Crippen molar-refractivity contribution in [2.24, 2.45) is 16.8 Å². The molecule has 1 aliphatic carbocycles. The van der Waals surface area contributed by atoms with Gasteiger partial charge in [0, 0.05) is 18.2 Å². The van der Waals surface area contributed by atoms with Crippen LogP contribution in [0.5, 0.6) is 0 Å². The van der Waals surface area contributed by atoms with Gasteiger partial charge in [-0.05, 0) is 31.6 Å². The molecule has 2 rings (SSSR count). The number of hydrogen-bond acceptors (Lipinski definition) is 1. The van der Waals surface area contributed by atoms with E-state index in [0.29, 0.717) is 0 Å². The van der Waals surface area contributed by atoms with E-state index in [-0.39, 0.29) is 0 Å². The third-order valence-corrected chi connectivity index (χ3v) is 2.74. The SMILES string of the molecule is CCC1=NCCC1C1CC1. The zero-order chi connectivity index (χ0) is 6.97. The van der Waals surface area contributed by atoms with Crippen molar-refractivity contribution >= 4 is 5.71 Å². The Hall–Kier alpha value is -0.330. The van der Waals surface area contributed by atoms with Crippen molar-refractivity contribution in [3.63, 3.8) is 0 Å². The van der Waals surface area contributed by atoms with E-state index >= 15 is 0 Å². The first-order valence-corrected chi connectivity index (χ1v) is 4.45. The molecule has 0 aromatic rings. The van der Waals surface area contributed by atoms with Gasteiger partial charge in [-0.1, -0.05) is 6.92 Å². The zero-order valence-corrected chi connectivity index (χ0v) is 6.64. The minimum absolute atomic E-state index is 0.907. The molecule has 1 unspecified atom stereocenters. The average Bonchev–Trinajstić information content (AvgIpc) is 2.69. The van der Waals surface area contributed by atoms with Crippen LogP contribution < -0.4 is 0 Å². The monoisotopic (exact) mass is 137 g/mol. The molecule has 0 bridgehead atoms. The molecule has 0 spiro atoms. The minimum Gasteiger partial charge on any atom is -0.294 e. The summed E-state index contributed by atoms with van der Waals surface area (Å²) in [6.07, 6.45) is 5.50. The first-order chi connectivity index (χ1) is 4.92. The molecule has 2 aliphatic rings. The highest BCUT2D eigenvalue weighted by molar-refractivity contribution is 5.88. The summed E-state index contributed by atoms with van der Waals surface area (Å²) in [5, 5.41) is 0. The minimum atomic E-state index is 0.907. The van der Waals surface area contributed by atoms with Gasteiger partial charge < -0.3 is 0 Å². The molecule has 0 N–H and O–H groups in total. The van der Waals surface area contributed by atoms with Crippen LogP contribution in [0.25, 0.3) is 0 Å². The highest BCUT2D eigenvalue weighted by Gasteiger charge is 2.35. The van der Waals surface area contributed by atoms with Crippen molar-refractivity contribution in [1.82, 2.24) is 0 Å². The zero-order valence-electron chi connectivity index (χ0n) is 6.64. The molecule has 1 nitrogen and oxygen atoms in total. The van der Waals surface area contributed by atoms with Gasteiger partial charge in [0.1, 0.15) is 0 Å². The van der Waals surface area contributed by atoms with E-state index in [1.54, 1.807) is 0 Å². The van der Waals surface area contributed by atoms with Gasteiger partial charge in [0.05, 0.1) is 0 Å². The van der Waals surface area contributed by atoms with E-state index in [9.17, 15) is 0 Å². The van der Waals surface area contributed by atoms with Crippen molar-refractivity contribution in [1.29, 1.82) is 0 Å². The van der Waals surface area contributed by atoms with E-state index in [0.717, 1.165) is 18.4 Å². The van der Waals surface area contributed by atoms with Crippen molar-refractivity contribution < 1.29 is 0 Å². The molecule has 1 heteroatoms. The number of aliphatic imine (C=N–C) groups is 1. The van der Waals surface area contributed by atoms with Gasteiger partial charge in [-0.15, -0.1) is 0 Å². The lowest BCUT2D eigenvalue weighted by molar-refractivity contribution is 0.592. The van der Waals surface area contributed by atoms with Crippen LogP contribution in [0.1, 0.15) is 32.6 Å². The Bertz CT molecular complexity index is 156. The molecule has 1 aliphatic heterocycles. The van der Waals surface area contributed by atoms with Gasteiger partial charge in [0.2, 0.25) is 0 Å².